The van der Waals surface area contributed by atoms with Crippen LogP contribution in [0.5, 0.6) is 0 Å². The summed E-state index contributed by atoms with van der Waals surface area (Å²) in [6, 6.07) is 9.52. The van der Waals surface area contributed by atoms with Crippen LogP contribution < -0.4 is 5.73 Å². The minimum atomic E-state index is -4.46. The third-order valence-electron chi connectivity index (χ3n) is 3.38. The first-order chi connectivity index (χ1) is 11.4. The summed E-state index contributed by atoms with van der Waals surface area (Å²) in [4.78, 5) is 0.863. The topological polar surface area (TPSA) is 46.2 Å². The van der Waals surface area contributed by atoms with Gasteiger partial charge in [0.1, 0.15) is 0 Å². The van der Waals surface area contributed by atoms with Crippen molar-refractivity contribution in [3.8, 4) is 0 Å². The lowest BCUT2D eigenvalue weighted by Gasteiger charge is -2.17. The Hall–Kier alpha value is -0.860. The molecule has 0 saturated heterocycles. The van der Waals surface area contributed by atoms with Gasteiger partial charge in [0.05, 0.1) is 12.2 Å². The van der Waals surface area contributed by atoms with E-state index in [0.717, 1.165) is 16.5 Å². The number of hydrogen-bond donors (Lipinski definition) is 2. The minimum Gasteiger partial charge on any atom is -0.392 e. The van der Waals surface area contributed by atoms with Crippen LogP contribution in [0.3, 0.4) is 0 Å². The maximum atomic E-state index is 13.1. The predicted octanol–water partition coefficient (Wildman–Crippen LogP) is 5.25. The standard InChI is InChI=1S/C16H15ClF3NOS2/c17-14-6-5-13(16(18,19)20)11(7-21)12(14)9-23-24-15-4-2-1-3-10(15)8-22/h1-6,22H,7-9,21H2. The molecular weight excluding hydrogens is 379 g/mol. The molecule has 2 rings (SSSR count). The van der Waals surface area contributed by atoms with E-state index in [1.807, 2.05) is 18.2 Å². The molecule has 3 N–H and O–H groups in total. The van der Waals surface area contributed by atoms with Crippen molar-refractivity contribution in [2.24, 2.45) is 5.73 Å². The first-order valence-corrected chi connectivity index (χ1v) is 9.64. The van der Waals surface area contributed by atoms with Crippen LogP contribution in [0, 0.1) is 0 Å². The zero-order chi connectivity index (χ0) is 17.7. The number of hydrogen-bond acceptors (Lipinski definition) is 4. The molecule has 0 aliphatic heterocycles. The van der Waals surface area contributed by atoms with Gasteiger partial charge in [0.25, 0.3) is 0 Å². The SMILES string of the molecule is NCc1c(C(F)(F)F)ccc(Cl)c1CSSc1ccccc1CO. The Morgan fingerprint density at radius 2 is 1.79 bits per heavy atom. The number of aliphatic hydroxyl groups excluding tert-OH is 1. The second kappa shape index (κ2) is 8.49. The third kappa shape index (κ3) is 4.61. The summed E-state index contributed by atoms with van der Waals surface area (Å²) in [6.07, 6.45) is -4.46. The molecule has 2 aromatic carbocycles. The average Bonchev–Trinajstić information content (AvgIpc) is 2.55. The first kappa shape index (κ1) is 19.5. The molecule has 0 aliphatic carbocycles. The summed E-state index contributed by atoms with van der Waals surface area (Å²) in [5.74, 6) is 0.277. The van der Waals surface area contributed by atoms with Gasteiger partial charge in [-0.25, -0.2) is 0 Å². The smallest absolute Gasteiger partial charge is 0.392 e. The Morgan fingerprint density at radius 1 is 1.08 bits per heavy atom. The van der Waals surface area contributed by atoms with Crippen LogP contribution in [0.2, 0.25) is 5.02 Å². The van der Waals surface area contributed by atoms with Crippen LogP contribution in [0.1, 0.15) is 22.3 Å². The van der Waals surface area contributed by atoms with Gasteiger partial charge in [0.15, 0.2) is 0 Å². The van der Waals surface area contributed by atoms with Crippen molar-refractivity contribution < 1.29 is 18.3 Å². The van der Waals surface area contributed by atoms with Crippen LogP contribution in [0.25, 0.3) is 0 Å². The number of rotatable bonds is 6. The number of alkyl halides is 3. The molecule has 130 valence electrons. The normalized spacial score (nSPS) is 11.8. The van der Waals surface area contributed by atoms with Crippen LogP contribution in [0.4, 0.5) is 13.2 Å². The highest BCUT2D eigenvalue weighted by Gasteiger charge is 2.34. The Kier molecular flexibility index (Phi) is 6.88. The summed E-state index contributed by atoms with van der Waals surface area (Å²) in [5.41, 5.74) is 5.98. The number of halogens is 4. The highest BCUT2D eigenvalue weighted by atomic mass is 35.5. The molecule has 0 fully saturated rings. The molecule has 0 unspecified atom stereocenters. The van der Waals surface area contributed by atoms with Gasteiger partial charge in [-0.15, -0.1) is 0 Å². The van der Waals surface area contributed by atoms with Crippen molar-refractivity contribution in [3.05, 3.63) is 63.7 Å². The molecule has 0 spiro atoms. The minimum absolute atomic E-state index is 0.0264. The molecule has 0 heterocycles. The van der Waals surface area contributed by atoms with Crippen molar-refractivity contribution in [2.75, 3.05) is 0 Å². The van der Waals surface area contributed by atoms with Gasteiger partial charge in [0.2, 0.25) is 0 Å². The van der Waals surface area contributed by atoms with E-state index in [2.05, 4.69) is 0 Å². The fourth-order valence-corrected chi connectivity index (χ4v) is 4.92. The van der Waals surface area contributed by atoms with Crippen molar-refractivity contribution in [2.45, 2.75) is 30.0 Å². The van der Waals surface area contributed by atoms with E-state index in [0.29, 0.717) is 5.56 Å². The maximum Gasteiger partial charge on any atom is 0.416 e. The molecule has 0 aromatic heterocycles. The monoisotopic (exact) mass is 393 g/mol. The zero-order valence-corrected chi connectivity index (χ0v) is 14.8. The molecule has 0 aliphatic rings. The van der Waals surface area contributed by atoms with E-state index in [1.54, 1.807) is 6.07 Å². The lowest BCUT2D eigenvalue weighted by atomic mass is 10.0. The van der Waals surface area contributed by atoms with E-state index in [-0.39, 0.29) is 29.5 Å². The fraction of sp³-hybridized carbons (Fsp3) is 0.250. The van der Waals surface area contributed by atoms with Crippen LogP contribution in [-0.4, -0.2) is 5.11 Å². The van der Waals surface area contributed by atoms with Gasteiger partial charge in [-0.3, -0.25) is 0 Å². The van der Waals surface area contributed by atoms with Gasteiger partial charge in [-0.1, -0.05) is 51.4 Å². The summed E-state index contributed by atoms with van der Waals surface area (Å²) in [7, 11) is 2.73. The Balaban J connectivity index is 2.20. The van der Waals surface area contributed by atoms with E-state index in [9.17, 15) is 18.3 Å². The Labute approximate surface area is 151 Å². The van der Waals surface area contributed by atoms with Gasteiger partial charge in [-0.05, 0) is 34.9 Å². The summed E-state index contributed by atoms with van der Waals surface area (Å²) in [5, 5.41) is 9.57. The van der Waals surface area contributed by atoms with Crippen LogP contribution in [-0.2, 0) is 25.1 Å². The highest BCUT2D eigenvalue weighted by Crippen LogP contribution is 2.41. The fourth-order valence-electron chi connectivity index (χ4n) is 2.19. The van der Waals surface area contributed by atoms with E-state index < -0.39 is 11.7 Å². The third-order valence-corrected chi connectivity index (χ3v) is 6.08. The molecule has 2 nitrogen and oxygen atoms in total. The molecule has 0 radical (unpaired) electrons. The van der Waals surface area contributed by atoms with E-state index >= 15 is 0 Å². The van der Waals surface area contributed by atoms with Crippen molar-refractivity contribution in [3.63, 3.8) is 0 Å². The van der Waals surface area contributed by atoms with Gasteiger partial charge in [-0.2, -0.15) is 13.2 Å². The van der Waals surface area contributed by atoms with Gasteiger partial charge in [0, 0.05) is 22.2 Å². The Bertz CT molecular complexity index is 710. The molecule has 0 amide bonds. The number of nitrogens with two attached hydrogens (primary N) is 1. The van der Waals surface area contributed by atoms with Gasteiger partial charge >= 0.3 is 6.18 Å². The molecular formula is C16H15ClF3NOS2. The predicted molar refractivity (Wildman–Crippen MR) is 93.9 cm³/mol. The molecule has 0 atom stereocenters. The second-order valence-corrected chi connectivity index (χ2v) is 7.61. The zero-order valence-electron chi connectivity index (χ0n) is 12.4. The molecule has 2 aromatic rings. The first-order valence-electron chi connectivity index (χ1n) is 6.94. The van der Waals surface area contributed by atoms with E-state index in [1.165, 1.54) is 27.7 Å². The van der Waals surface area contributed by atoms with Crippen molar-refractivity contribution in [1.82, 2.24) is 0 Å². The average molecular weight is 394 g/mol. The van der Waals surface area contributed by atoms with Crippen LogP contribution in [0.15, 0.2) is 41.3 Å². The lowest BCUT2D eigenvalue weighted by Crippen LogP contribution is -2.14. The lowest BCUT2D eigenvalue weighted by molar-refractivity contribution is -0.138. The van der Waals surface area contributed by atoms with Crippen molar-refractivity contribution >= 4 is 33.2 Å². The largest absolute Gasteiger partial charge is 0.416 e. The molecule has 8 heteroatoms. The summed E-state index contributed by atoms with van der Waals surface area (Å²) < 4.78 is 39.3. The summed E-state index contributed by atoms with van der Waals surface area (Å²) in [6.45, 7) is -0.328. The summed E-state index contributed by atoms with van der Waals surface area (Å²) >= 11 is 6.09. The van der Waals surface area contributed by atoms with E-state index in [4.69, 9.17) is 17.3 Å². The molecule has 0 saturated carbocycles. The highest BCUT2D eigenvalue weighted by molar-refractivity contribution is 8.76. The maximum absolute atomic E-state index is 13.1. The second-order valence-electron chi connectivity index (χ2n) is 4.87. The van der Waals surface area contributed by atoms with Crippen molar-refractivity contribution in [1.29, 1.82) is 0 Å². The molecule has 0 bridgehead atoms. The molecule has 24 heavy (non-hydrogen) atoms. The Morgan fingerprint density at radius 3 is 2.42 bits per heavy atom. The number of benzene rings is 2. The number of aliphatic hydroxyl groups is 1. The quantitative estimate of drug-likeness (QED) is 0.658. The van der Waals surface area contributed by atoms with Gasteiger partial charge < -0.3 is 10.8 Å². The van der Waals surface area contributed by atoms with Crippen LogP contribution >= 0.6 is 33.2 Å².